The van der Waals surface area contributed by atoms with Gasteiger partial charge in [0.15, 0.2) is 5.13 Å². The molecule has 1 aromatic carbocycles. The fourth-order valence-corrected chi connectivity index (χ4v) is 2.84. The van der Waals surface area contributed by atoms with Crippen molar-refractivity contribution in [2.75, 3.05) is 11.4 Å². The van der Waals surface area contributed by atoms with Crippen molar-refractivity contribution in [3.8, 4) is 5.75 Å². The highest BCUT2D eigenvalue weighted by Crippen LogP contribution is 2.23. The lowest BCUT2D eigenvalue weighted by Gasteiger charge is -2.14. The number of anilines is 1. The predicted molar refractivity (Wildman–Crippen MR) is 85.1 cm³/mol. The van der Waals surface area contributed by atoms with E-state index in [9.17, 15) is 9.59 Å². The Balaban J connectivity index is 2.09. The Morgan fingerprint density at radius 1 is 1.36 bits per heavy atom. The van der Waals surface area contributed by atoms with Crippen molar-refractivity contribution in [3.05, 3.63) is 40.9 Å². The Morgan fingerprint density at radius 2 is 2.09 bits per heavy atom. The Labute approximate surface area is 132 Å². The summed E-state index contributed by atoms with van der Waals surface area (Å²) in [6, 6.07) is 6.78. The van der Waals surface area contributed by atoms with Crippen molar-refractivity contribution in [2.24, 2.45) is 5.73 Å². The first-order chi connectivity index (χ1) is 10.5. The lowest BCUT2D eigenvalue weighted by Crippen LogP contribution is -2.27. The number of carbonyl (C=O) groups excluding carboxylic acids is 2. The summed E-state index contributed by atoms with van der Waals surface area (Å²) in [7, 11) is 0. The number of ether oxygens (including phenoxy) is 1. The standard InChI is InChI=1S/C15H17N3O3S/c1-3-18(10(2)19)15-17-11(9-22-15)8-21-13-7-5-4-6-12(13)14(16)20/h4-7,9H,3,8H2,1-2H3,(H2,16,20). The van der Waals surface area contributed by atoms with Crippen LogP contribution in [-0.4, -0.2) is 23.3 Å². The monoisotopic (exact) mass is 319 g/mol. The van der Waals surface area contributed by atoms with Gasteiger partial charge in [-0.2, -0.15) is 0 Å². The molecule has 2 aromatic rings. The van der Waals surface area contributed by atoms with Crippen LogP contribution in [0.4, 0.5) is 5.13 Å². The number of benzene rings is 1. The van der Waals surface area contributed by atoms with E-state index in [1.165, 1.54) is 18.3 Å². The topological polar surface area (TPSA) is 85.5 Å². The maximum atomic E-state index is 11.5. The van der Waals surface area contributed by atoms with Crippen LogP contribution in [0.2, 0.25) is 0 Å². The van der Waals surface area contributed by atoms with Gasteiger partial charge in [0, 0.05) is 18.8 Å². The van der Waals surface area contributed by atoms with E-state index in [1.807, 2.05) is 12.3 Å². The Hall–Kier alpha value is -2.41. The average molecular weight is 319 g/mol. The van der Waals surface area contributed by atoms with Crippen LogP contribution < -0.4 is 15.4 Å². The molecule has 2 N–H and O–H groups in total. The van der Waals surface area contributed by atoms with Gasteiger partial charge in [-0.15, -0.1) is 11.3 Å². The number of aromatic nitrogens is 1. The molecule has 2 amide bonds. The van der Waals surface area contributed by atoms with Crippen LogP contribution in [0.5, 0.6) is 5.75 Å². The van der Waals surface area contributed by atoms with E-state index in [0.717, 1.165) is 0 Å². The summed E-state index contributed by atoms with van der Waals surface area (Å²) in [5.41, 5.74) is 6.33. The molecule has 0 aliphatic heterocycles. The maximum Gasteiger partial charge on any atom is 0.252 e. The molecule has 0 unspecified atom stereocenters. The van der Waals surface area contributed by atoms with E-state index in [4.69, 9.17) is 10.5 Å². The highest BCUT2D eigenvalue weighted by atomic mass is 32.1. The normalized spacial score (nSPS) is 10.3. The Morgan fingerprint density at radius 3 is 2.73 bits per heavy atom. The molecule has 0 saturated heterocycles. The molecule has 0 saturated carbocycles. The second-order valence-corrected chi connectivity index (χ2v) is 5.37. The molecule has 0 spiro atoms. The van der Waals surface area contributed by atoms with Gasteiger partial charge in [0.2, 0.25) is 5.91 Å². The zero-order valence-corrected chi connectivity index (χ0v) is 13.2. The van der Waals surface area contributed by atoms with Gasteiger partial charge in [-0.25, -0.2) is 4.98 Å². The average Bonchev–Trinajstić information content (AvgIpc) is 2.94. The van der Waals surface area contributed by atoms with Crippen LogP contribution in [-0.2, 0) is 11.4 Å². The van der Waals surface area contributed by atoms with Gasteiger partial charge in [0.1, 0.15) is 12.4 Å². The van der Waals surface area contributed by atoms with Gasteiger partial charge in [-0.05, 0) is 19.1 Å². The summed E-state index contributed by atoms with van der Waals surface area (Å²) >= 11 is 1.38. The molecule has 0 atom stereocenters. The number of amides is 2. The zero-order valence-electron chi connectivity index (χ0n) is 12.4. The molecule has 22 heavy (non-hydrogen) atoms. The molecule has 1 heterocycles. The molecule has 0 aliphatic rings. The molecule has 0 fully saturated rings. The van der Waals surface area contributed by atoms with E-state index < -0.39 is 5.91 Å². The highest BCUT2D eigenvalue weighted by molar-refractivity contribution is 7.14. The first-order valence-electron chi connectivity index (χ1n) is 6.77. The summed E-state index contributed by atoms with van der Waals surface area (Å²) in [5.74, 6) is -0.171. The molecule has 0 bridgehead atoms. The van der Waals surface area contributed by atoms with Crippen molar-refractivity contribution < 1.29 is 14.3 Å². The maximum absolute atomic E-state index is 11.5. The van der Waals surface area contributed by atoms with Gasteiger partial charge < -0.3 is 10.5 Å². The SMILES string of the molecule is CCN(C(C)=O)c1nc(COc2ccccc2C(N)=O)cs1. The predicted octanol–water partition coefficient (Wildman–Crippen LogP) is 2.19. The number of hydrogen-bond donors (Lipinski definition) is 1. The van der Waals surface area contributed by atoms with Crippen molar-refractivity contribution in [1.29, 1.82) is 0 Å². The second kappa shape index (κ2) is 7.04. The molecule has 0 radical (unpaired) electrons. The number of primary amides is 1. The third-order valence-electron chi connectivity index (χ3n) is 2.99. The molecule has 6 nitrogen and oxygen atoms in total. The van der Waals surface area contributed by atoms with Crippen LogP contribution in [0.3, 0.4) is 0 Å². The quantitative estimate of drug-likeness (QED) is 0.884. The summed E-state index contributed by atoms with van der Waals surface area (Å²) < 4.78 is 5.61. The van der Waals surface area contributed by atoms with E-state index in [1.54, 1.807) is 29.2 Å². The molecular weight excluding hydrogens is 302 g/mol. The van der Waals surface area contributed by atoms with Crippen LogP contribution >= 0.6 is 11.3 Å². The molecule has 2 rings (SSSR count). The summed E-state index contributed by atoms with van der Waals surface area (Å²) in [5, 5.41) is 2.46. The summed E-state index contributed by atoms with van der Waals surface area (Å²) in [6.45, 7) is 4.16. The van der Waals surface area contributed by atoms with E-state index in [-0.39, 0.29) is 12.5 Å². The number of nitrogens with zero attached hydrogens (tertiary/aromatic N) is 2. The van der Waals surface area contributed by atoms with Crippen molar-refractivity contribution in [1.82, 2.24) is 4.98 Å². The Kier molecular flexibility index (Phi) is 5.11. The van der Waals surface area contributed by atoms with Gasteiger partial charge in [-0.1, -0.05) is 12.1 Å². The van der Waals surface area contributed by atoms with Gasteiger partial charge in [-0.3, -0.25) is 14.5 Å². The number of para-hydroxylation sites is 1. The number of thiazole rings is 1. The van der Waals surface area contributed by atoms with Gasteiger partial charge in [0.05, 0.1) is 11.3 Å². The van der Waals surface area contributed by atoms with Crippen molar-refractivity contribution >= 4 is 28.3 Å². The molecule has 0 aliphatic carbocycles. The fourth-order valence-electron chi connectivity index (χ4n) is 1.93. The third-order valence-corrected chi connectivity index (χ3v) is 3.91. The van der Waals surface area contributed by atoms with Crippen molar-refractivity contribution in [2.45, 2.75) is 20.5 Å². The highest BCUT2D eigenvalue weighted by Gasteiger charge is 2.14. The first-order valence-corrected chi connectivity index (χ1v) is 7.65. The van der Waals surface area contributed by atoms with Crippen molar-refractivity contribution in [3.63, 3.8) is 0 Å². The number of carbonyl (C=O) groups is 2. The van der Waals surface area contributed by atoms with Crippen LogP contribution in [0.1, 0.15) is 29.9 Å². The van der Waals surface area contributed by atoms with Gasteiger partial charge >= 0.3 is 0 Å². The molecular formula is C15H17N3O3S. The first kappa shape index (κ1) is 16.0. The minimum absolute atomic E-state index is 0.0524. The van der Waals surface area contributed by atoms with Crippen LogP contribution in [0.25, 0.3) is 0 Å². The van der Waals surface area contributed by atoms with Gasteiger partial charge in [0.25, 0.3) is 5.91 Å². The zero-order chi connectivity index (χ0) is 16.1. The Bertz CT molecular complexity index is 684. The lowest BCUT2D eigenvalue weighted by atomic mass is 10.2. The third kappa shape index (κ3) is 3.62. The largest absolute Gasteiger partial charge is 0.486 e. The fraction of sp³-hybridized carbons (Fsp3) is 0.267. The lowest BCUT2D eigenvalue weighted by molar-refractivity contribution is -0.116. The number of hydrogen-bond acceptors (Lipinski definition) is 5. The molecule has 1 aromatic heterocycles. The minimum Gasteiger partial charge on any atom is -0.486 e. The van der Waals surface area contributed by atoms with Crippen LogP contribution in [0, 0.1) is 0 Å². The molecule has 116 valence electrons. The molecule has 7 heteroatoms. The second-order valence-electron chi connectivity index (χ2n) is 4.53. The smallest absolute Gasteiger partial charge is 0.252 e. The van der Waals surface area contributed by atoms with Crippen LogP contribution in [0.15, 0.2) is 29.6 Å². The van der Waals surface area contributed by atoms with E-state index >= 15 is 0 Å². The summed E-state index contributed by atoms with van der Waals surface area (Å²) in [4.78, 5) is 28.8. The minimum atomic E-state index is -0.539. The van der Waals surface area contributed by atoms with E-state index in [2.05, 4.69) is 4.98 Å². The number of nitrogens with two attached hydrogens (primary N) is 1. The summed E-state index contributed by atoms with van der Waals surface area (Å²) in [6.07, 6.45) is 0. The number of rotatable bonds is 6. The van der Waals surface area contributed by atoms with E-state index in [0.29, 0.717) is 28.7 Å².